The van der Waals surface area contributed by atoms with Gasteiger partial charge in [0.15, 0.2) is 0 Å². The number of hydrogen-bond donors (Lipinski definition) is 2. The number of nitrogens with zero attached hydrogens (tertiary/aromatic N) is 1. The highest BCUT2D eigenvalue weighted by molar-refractivity contribution is 5.92. The molecule has 0 saturated carbocycles. The molecule has 0 spiro atoms. The number of carbonyl (C=O) groups excluding carboxylic acids is 1. The van der Waals surface area contributed by atoms with E-state index in [2.05, 4.69) is 10.6 Å². The highest BCUT2D eigenvalue weighted by atomic mass is 16.6. The Morgan fingerprint density at radius 3 is 2.63 bits per heavy atom. The Hall–Kier alpha value is -3.55. The molecule has 0 aliphatic heterocycles. The van der Waals surface area contributed by atoms with E-state index >= 15 is 0 Å². The molecule has 2 rings (SSSR count). The number of anilines is 1. The Kier molecular flexibility index (Phi) is 7.18. The number of nitro groups is 1. The Balaban J connectivity index is 1.85. The monoisotopic (exact) mass is 371 g/mol. The van der Waals surface area contributed by atoms with Crippen LogP contribution in [0, 0.1) is 10.1 Å². The normalized spacial score (nSPS) is 10.4. The SMILES string of the molecule is COc1ccc(/C=C/C(=O)NCCNc2ccccc2[N+](=O)[O-])c(OC)c1. The highest BCUT2D eigenvalue weighted by Crippen LogP contribution is 2.25. The van der Waals surface area contributed by atoms with Crippen molar-refractivity contribution in [2.24, 2.45) is 0 Å². The molecular formula is C19H21N3O5. The summed E-state index contributed by atoms with van der Waals surface area (Å²) in [5.41, 5.74) is 1.15. The van der Waals surface area contributed by atoms with Crippen LogP contribution in [0.5, 0.6) is 11.5 Å². The second-order valence-corrected chi connectivity index (χ2v) is 5.43. The van der Waals surface area contributed by atoms with E-state index in [0.717, 1.165) is 5.56 Å². The summed E-state index contributed by atoms with van der Waals surface area (Å²) in [7, 11) is 3.11. The molecule has 2 aromatic carbocycles. The number of hydrogen-bond acceptors (Lipinski definition) is 6. The summed E-state index contributed by atoms with van der Waals surface area (Å²) in [6, 6.07) is 11.6. The Bertz CT molecular complexity index is 836. The summed E-state index contributed by atoms with van der Waals surface area (Å²) in [6.07, 6.45) is 3.04. The first-order valence-corrected chi connectivity index (χ1v) is 8.20. The van der Waals surface area contributed by atoms with E-state index in [9.17, 15) is 14.9 Å². The number of ether oxygens (including phenoxy) is 2. The molecule has 0 unspecified atom stereocenters. The first-order valence-electron chi connectivity index (χ1n) is 8.20. The number of carbonyl (C=O) groups is 1. The van der Waals surface area contributed by atoms with Gasteiger partial charge >= 0.3 is 0 Å². The minimum absolute atomic E-state index is 0.00433. The summed E-state index contributed by atoms with van der Waals surface area (Å²) < 4.78 is 10.4. The lowest BCUT2D eigenvalue weighted by molar-refractivity contribution is -0.384. The number of para-hydroxylation sites is 2. The minimum atomic E-state index is -0.452. The van der Waals surface area contributed by atoms with Crippen LogP contribution in [0.1, 0.15) is 5.56 Å². The van der Waals surface area contributed by atoms with Gasteiger partial charge in [-0.15, -0.1) is 0 Å². The van der Waals surface area contributed by atoms with Gasteiger partial charge in [0.25, 0.3) is 5.69 Å². The maximum absolute atomic E-state index is 11.9. The molecule has 0 heterocycles. The van der Waals surface area contributed by atoms with E-state index in [-0.39, 0.29) is 11.6 Å². The van der Waals surface area contributed by atoms with Gasteiger partial charge in [-0.3, -0.25) is 14.9 Å². The lowest BCUT2D eigenvalue weighted by Crippen LogP contribution is -2.27. The van der Waals surface area contributed by atoms with Gasteiger partial charge in [0.1, 0.15) is 17.2 Å². The number of methoxy groups -OCH3 is 2. The molecular weight excluding hydrogens is 350 g/mol. The van der Waals surface area contributed by atoms with Crippen molar-refractivity contribution in [1.82, 2.24) is 5.32 Å². The van der Waals surface area contributed by atoms with Crippen LogP contribution >= 0.6 is 0 Å². The summed E-state index contributed by atoms with van der Waals surface area (Å²) in [5.74, 6) is 0.975. The van der Waals surface area contributed by atoms with Crippen molar-refractivity contribution in [3.63, 3.8) is 0 Å². The number of rotatable bonds is 9. The highest BCUT2D eigenvalue weighted by Gasteiger charge is 2.11. The lowest BCUT2D eigenvalue weighted by atomic mass is 10.1. The van der Waals surface area contributed by atoms with Gasteiger partial charge in [0.2, 0.25) is 5.91 Å². The number of benzene rings is 2. The molecule has 8 heteroatoms. The molecule has 0 aromatic heterocycles. The molecule has 0 aliphatic rings. The average molecular weight is 371 g/mol. The van der Waals surface area contributed by atoms with E-state index in [1.807, 2.05) is 0 Å². The van der Waals surface area contributed by atoms with Crippen LogP contribution in [0.4, 0.5) is 11.4 Å². The third kappa shape index (κ3) is 5.74. The second-order valence-electron chi connectivity index (χ2n) is 5.43. The third-order valence-electron chi connectivity index (χ3n) is 3.70. The van der Waals surface area contributed by atoms with E-state index < -0.39 is 4.92 Å². The molecule has 142 valence electrons. The second kappa shape index (κ2) is 9.81. The van der Waals surface area contributed by atoms with E-state index in [0.29, 0.717) is 30.3 Å². The zero-order valence-electron chi connectivity index (χ0n) is 15.1. The standard InChI is InChI=1S/C19H21N3O5/c1-26-15-9-7-14(18(13-15)27-2)8-10-19(23)21-12-11-20-16-5-3-4-6-17(16)22(24)25/h3-10,13,20H,11-12H2,1-2H3,(H,21,23)/b10-8+. The first kappa shape index (κ1) is 19.8. The number of nitro benzene ring substituents is 1. The van der Waals surface area contributed by atoms with Crippen molar-refractivity contribution in [2.45, 2.75) is 0 Å². The van der Waals surface area contributed by atoms with Crippen molar-refractivity contribution in [1.29, 1.82) is 0 Å². The average Bonchev–Trinajstić information content (AvgIpc) is 2.69. The maximum Gasteiger partial charge on any atom is 0.292 e. The molecule has 1 amide bonds. The van der Waals surface area contributed by atoms with Gasteiger partial charge in [-0.05, 0) is 24.3 Å². The molecule has 2 aromatic rings. The van der Waals surface area contributed by atoms with Crippen LogP contribution in [-0.4, -0.2) is 38.1 Å². The molecule has 8 nitrogen and oxygen atoms in total. The van der Waals surface area contributed by atoms with Gasteiger partial charge in [-0.1, -0.05) is 12.1 Å². The molecule has 0 radical (unpaired) electrons. The molecule has 0 atom stereocenters. The predicted octanol–water partition coefficient (Wildman–Crippen LogP) is 2.85. The van der Waals surface area contributed by atoms with Gasteiger partial charge in [0, 0.05) is 36.9 Å². The van der Waals surface area contributed by atoms with E-state index in [1.54, 1.807) is 56.7 Å². The maximum atomic E-state index is 11.9. The fourth-order valence-electron chi connectivity index (χ4n) is 2.35. The lowest BCUT2D eigenvalue weighted by Gasteiger charge is -2.08. The zero-order valence-corrected chi connectivity index (χ0v) is 15.1. The molecule has 0 aliphatic carbocycles. The Labute approximate surface area is 156 Å². The fourth-order valence-corrected chi connectivity index (χ4v) is 2.35. The number of amides is 1. The Morgan fingerprint density at radius 2 is 1.93 bits per heavy atom. The summed E-state index contributed by atoms with van der Waals surface area (Å²) in [6.45, 7) is 0.672. The van der Waals surface area contributed by atoms with Crippen LogP contribution in [0.2, 0.25) is 0 Å². The largest absolute Gasteiger partial charge is 0.497 e. The van der Waals surface area contributed by atoms with E-state index in [4.69, 9.17) is 9.47 Å². The molecule has 27 heavy (non-hydrogen) atoms. The van der Waals surface area contributed by atoms with Crippen molar-refractivity contribution in [2.75, 3.05) is 32.6 Å². The van der Waals surface area contributed by atoms with Crippen LogP contribution in [0.25, 0.3) is 6.08 Å². The summed E-state index contributed by atoms with van der Waals surface area (Å²) in [5, 5.41) is 16.6. The van der Waals surface area contributed by atoms with Crippen LogP contribution in [0.3, 0.4) is 0 Å². The minimum Gasteiger partial charge on any atom is -0.497 e. The van der Waals surface area contributed by atoms with Gasteiger partial charge in [0.05, 0.1) is 19.1 Å². The summed E-state index contributed by atoms with van der Waals surface area (Å²) in [4.78, 5) is 22.4. The number of nitrogens with one attached hydrogen (secondary N) is 2. The Morgan fingerprint density at radius 1 is 1.15 bits per heavy atom. The van der Waals surface area contributed by atoms with E-state index in [1.165, 1.54) is 12.1 Å². The first-order chi connectivity index (χ1) is 13.0. The smallest absolute Gasteiger partial charge is 0.292 e. The topological polar surface area (TPSA) is 103 Å². The van der Waals surface area contributed by atoms with Gasteiger partial charge in [-0.2, -0.15) is 0 Å². The molecule has 0 bridgehead atoms. The van der Waals surface area contributed by atoms with Crippen molar-refractivity contribution in [3.8, 4) is 11.5 Å². The van der Waals surface area contributed by atoms with Gasteiger partial charge in [-0.25, -0.2) is 0 Å². The van der Waals surface area contributed by atoms with Crippen LogP contribution in [0.15, 0.2) is 48.5 Å². The molecule has 2 N–H and O–H groups in total. The van der Waals surface area contributed by atoms with Crippen LogP contribution in [-0.2, 0) is 4.79 Å². The molecule has 0 saturated heterocycles. The zero-order chi connectivity index (χ0) is 19.6. The van der Waals surface area contributed by atoms with Crippen molar-refractivity contribution < 1.29 is 19.2 Å². The third-order valence-corrected chi connectivity index (χ3v) is 3.70. The molecule has 0 fully saturated rings. The van der Waals surface area contributed by atoms with Crippen LogP contribution < -0.4 is 20.1 Å². The van der Waals surface area contributed by atoms with Gasteiger partial charge < -0.3 is 20.1 Å². The predicted molar refractivity (Wildman–Crippen MR) is 103 cm³/mol. The quantitative estimate of drug-likeness (QED) is 0.304. The van der Waals surface area contributed by atoms with Crippen molar-refractivity contribution >= 4 is 23.4 Å². The summed E-state index contributed by atoms with van der Waals surface area (Å²) >= 11 is 0. The van der Waals surface area contributed by atoms with Crippen molar-refractivity contribution in [3.05, 3.63) is 64.2 Å². The fraction of sp³-hybridized carbons (Fsp3) is 0.211.